The molecule has 0 aromatic heterocycles. The lowest BCUT2D eigenvalue weighted by Gasteiger charge is -2.19. The molecular formula is C19H20O3. The van der Waals surface area contributed by atoms with Gasteiger partial charge in [-0.1, -0.05) is 54.1 Å². The van der Waals surface area contributed by atoms with E-state index in [2.05, 4.69) is 0 Å². The van der Waals surface area contributed by atoms with Crippen molar-refractivity contribution in [3.63, 3.8) is 0 Å². The van der Waals surface area contributed by atoms with E-state index in [9.17, 15) is 9.59 Å². The molecule has 114 valence electrons. The number of hydrogen-bond donors (Lipinski definition) is 0. The number of carbonyl (C=O) groups excluding carboxylic acids is 2. The van der Waals surface area contributed by atoms with Gasteiger partial charge in [-0.15, -0.1) is 0 Å². The summed E-state index contributed by atoms with van der Waals surface area (Å²) in [7, 11) is 0. The van der Waals surface area contributed by atoms with E-state index in [-0.39, 0.29) is 0 Å². The van der Waals surface area contributed by atoms with Gasteiger partial charge >= 0.3 is 5.97 Å². The monoisotopic (exact) mass is 296 g/mol. The van der Waals surface area contributed by atoms with E-state index in [1.165, 1.54) is 0 Å². The molecule has 3 heteroatoms. The number of Topliss-reactive ketones (excluding diaryl/α,β-unsaturated/α-hetero) is 1. The van der Waals surface area contributed by atoms with Crippen LogP contribution in [0.25, 0.3) is 11.1 Å². The second-order valence-electron chi connectivity index (χ2n) is 6.24. The fourth-order valence-corrected chi connectivity index (χ4v) is 2.10. The maximum Gasteiger partial charge on any atom is 0.380 e. The van der Waals surface area contributed by atoms with Crippen LogP contribution >= 0.6 is 0 Å². The molecule has 2 aromatic carbocycles. The number of ether oxygens (including phenoxy) is 1. The van der Waals surface area contributed by atoms with Crippen LogP contribution in [-0.4, -0.2) is 17.4 Å². The molecule has 22 heavy (non-hydrogen) atoms. The van der Waals surface area contributed by atoms with Gasteiger partial charge in [-0.3, -0.25) is 4.79 Å². The van der Waals surface area contributed by atoms with Crippen LogP contribution in [0.5, 0.6) is 0 Å². The average molecular weight is 296 g/mol. The maximum atomic E-state index is 12.4. The molecule has 0 fully saturated rings. The summed E-state index contributed by atoms with van der Waals surface area (Å²) in [4.78, 5) is 24.4. The Morgan fingerprint density at radius 1 is 0.909 bits per heavy atom. The summed E-state index contributed by atoms with van der Waals surface area (Å²) in [5.74, 6) is -1.45. The van der Waals surface area contributed by atoms with Crippen molar-refractivity contribution in [3.05, 3.63) is 59.7 Å². The largest absolute Gasteiger partial charge is 0.454 e. The standard InChI is InChI=1S/C19H20O3/c1-13-9-11-14(12-10-13)15-7-5-6-8-16(15)17(20)18(21)22-19(2,3)4/h5-12H,1-4H3. The molecule has 2 aromatic rings. The fourth-order valence-electron chi connectivity index (χ4n) is 2.10. The number of hydrogen-bond acceptors (Lipinski definition) is 3. The Hall–Kier alpha value is -2.42. The molecule has 0 amide bonds. The van der Waals surface area contributed by atoms with Crippen molar-refractivity contribution in [2.75, 3.05) is 0 Å². The van der Waals surface area contributed by atoms with E-state index in [0.717, 1.165) is 16.7 Å². The van der Waals surface area contributed by atoms with E-state index < -0.39 is 17.4 Å². The van der Waals surface area contributed by atoms with Gasteiger partial charge in [0.15, 0.2) is 0 Å². The lowest BCUT2D eigenvalue weighted by molar-refractivity contribution is -0.148. The van der Waals surface area contributed by atoms with Crippen LogP contribution in [0, 0.1) is 6.92 Å². The summed E-state index contributed by atoms with van der Waals surface area (Å²) in [5.41, 5.74) is 2.45. The van der Waals surface area contributed by atoms with E-state index in [4.69, 9.17) is 4.74 Å². The summed E-state index contributed by atoms with van der Waals surface area (Å²) in [6, 6.07) is 14.9. The summed E-state index contributed by atoms with van der Waals surface area (Å²) in [6.45, 7) is 7.22. The Kier molecular flexibility index (Phi) is 4.45. The number of ketones is 1. The second kappa shape index (κ2) is 6.14. The van der Waals surface area contributed by atoms with Gasteiger partial charge in [-0.2, -0.15) is 0 Å². The molecule has 0 unspecified atom stereocenters. The van der Waals surface area contributed by atoms with Gasteiger partial charge in [0.25, 0.3) is 5.78 Å². The number of esters is 1. The molecule has 0 aliphatic rings. The molecule has 0 atom stereocenters. The summed E-state index contributed by atoms with van der Waals surface area (Å²) in [6.07, 6.45) is 0. The minimum atomic E-state index is -0.827. The highest BCUT2D eigenvalue weighted by atomic mass is 16.6. The lowest BCUT2D eigenvalue weighted by atomic mass is 9.96. The van der Waals surface area contributed by atoms with E-state index in [1.54, 1.807) is 32.9 Å². The number of rotatable bonds is 3. The summed E-state index contributed by atoms with van der Waals surface area (Å²) < 4.78 is 5.18. The molecule has 3 nitrogen and oxygen atoms in total. The number of carbonyl (C=O) groups is 2. The number of aryl methyl sites for hydroxylation is 1. The molecule has 0 saturated carbocycles. The van der Waals surface area contributed by atoms with Gasteiger partial charge in [0, 0.05) is 5.56 Å². The highest BCUT2D eigenvalue weighted by molar-refractivity contribution is 6.42. The smallest absolute Gasteiger partial charge is 0.380 e. The average Bonchev–Trinajstić information content (AvgIpc) is 2.45. The molecule has 0 saturated heterocycles. The zero-order chi connectivity index (χ0) is 16.3. The third-order valence-electron chi connectivity index (χ3n) is 3.12. The normalized spacial score (nSPS) is 11.1. The maximum absolute atomic E-state index is 12.4. The van der Waals surface area contributed by atoms with Crippen LogP contribution in [0.15, 0.2) is 48.5 Å². The lowest BCUT2D eigenvalue weighted by Crippen LogP contribution is -2.29. The van der Waals surface area contributed by atoms with Crippen molar-refractivity contribution >= 4 is 11.8 Å². The molecule has 0 bridgehead atoms. The molecule has 0 radical (unpaired) electrons. The van der Waals surface area contributed by atoms with Gasteiger partial charge in [0.05, 0.1) is 0 Å². The van der Waals surface area contributed by atoms with Crippen molar-refractivity contribution in [2.24, 2.45) is 0 Å². The SMILES string of the molecule is Cc1ccc(-c2ccccc2C(=O)C(=O)OC(C)(C)C)cc1. The predicted molar refractivity (Wildman–Crippen MR) is 86.8 cm³/mol. The fraction of sp³-hybridized carbons (Fsp3) is 0.263. The topological polar surface area (TPSA) is 43.4 Å². The van der Waals surface area contributed by atoms with Crippen molar-refractivity contribution in [2.45, 2.75) is 33.3 Å². The van der Waals surface area contributed by atoms with Crippen LogP contribution in [0.1, 0.15) is 36.7 Å². The van der Waals surface area contributed by atoms with Gasteiger partial charge in [-0.05, 0) is 38.8 Å². The molecule has 0 heterocycles. The molecule has 0 aliphatic heterocycles. The van der Waals surface area contributed by atoms with Crippen LogP contribution in [0.2, 0.25) is 0 Å². The van der Waals surface area contributed by atoms with Crippen LogP contribution in [0.3, 0.4) is 0 Å². The number of benzene rings is 2. The van der Waals surface area contributed by atoms with E-state index in [0.29, 0.717) is 5.56 Å². The molecular weight excluding hydrogens is 276 g/mol. The van der Waals surface area contributed by atoms with Gasteiger partial charge in [-0.25, -0.2) is 4.79 Å². The first-order valence-corrected chi connectivity index (χ1v) is 7.22. The summed E-state index contributed by atoms with van der Waals surface area (Å²) >= 11 is 0. The first kappa shape index (κ1) is 16.0. The minimum absolute atomic E-state index is 0.362. The molecule has 0 spiro atoms. The van der Waals surface area contributed by atoms with Crippen molar-refractivity contribution < 1.29 is 14.3 Å². The molecule has 0 aliphatic carbocycles. The van der Waals surface area contributed by atoms with Gasteiger partial charge < -0.3 is 4.74 Å². The minimum Gasteiger partial charge on any atom is -0.454 e. The zero-order valence-corrected chi connectivity index (χ0v) is 13.3. The van der Waals surface area contributed by atoms with Gasteiger partial charge in [0.1, 0.15) is 5.60 Å². The molecule has 2 rings (SSSR count). The summed E-state index contributed by atoms with van der Waals surface area (Å²) in [5, 5.41) is 0. The van der Waals surface area contributed by atoms with Gasteiger partial charge in [0.2, 0.25) is 0 Å². The second-order valence-corrected chi connectivity index (χ2v) is 6.24. The zero-order valence-electron chi connectivity index (χ0n) is 13.3. The Morgan fingerprint density at radius 3 is 2.09 bits per heavy atom. The Labute approximate surface area is 130 Å². The third-order valence-corrected chi connectivity index (χ3v) is 3.12. The predicted octanol–water partition coefficient (Wildman–Crippen LogP) is 4.19. The third kappa shape index (κ3) is 3.82. The van der Waals surface area contributed by atoms with Crippen LogP contribution in [-0.2, 0) is 9.53 Å². The Morgan fingerprint density at radius 2 is 1.50 bits per heavy atom. The van der Waals surface area contributed by atoms with E-state index >= 15 is 0 Å². The van der Waals surface area contributed by atoms with Crippen molar-refractivity contribution in [1.29, 1.82) is 0 Å². The first-order valence-electron chi connectivity index (χ1n) is 7.22. The Bertz CT molecular complexity index is 691. The first-order chi connectivity index (χ1) is 10.3. The molecule has 0 N–H and O–H groups in total. The highest BCUT2D eigenvalue weighted by Gasteiger charge is 2.25. The van der Waals surface area contributed by atoms with Crippen LogP contribution < -0.4 is 0 Å². The van der Waals surface area contributed by atoms with Crippen molar-refractivity contribution in [3.8, 4) is 11.1 Å². The Balaban J connectivity index is 2.38. The van der Waals surface area contributed by atoms with Crippen molar-refractivity contribution in [1.82, 2.24) is 0 Å². The van der Waals surface area contributed by atoms with E-state index in [1.807, 2.05) is 43.3 Å². The quantitative estimate of drug-likeness (QED) is 0.484. The van der Waals surface area contributed by atoms with Crippen LogP contribution in [0.4, 0.5) is 0 Å². The highest BCUT2D eigenvalue weighted by Crippen LogP contribution is 2.25.